The number of nitrogens with two attached hydrogens (primary N) is 1. The van der Waals surface area contributed by atoms with Gasteiger partial charge in [-0.05, 0) is 36.9 Å². The molecule has 0 saturated heterocycles. The Hall–Kier alpha value is -3.30. The van der Waals surface area contributed by atoms with Crippen LogP contribution < -0.4 is 15.2 Å². The number of nitrogen functional groups attached to an aromatic ring is 1. The molecule has 0 saturated carbocycles. The van der Waals surface area contributed by atoms with Crippen LogP contribution in [-0.4, -0.2) is 45.7 Å². The largest absolute Gasteiger partial charge is 0.493 e. The second-order valence-corrected chi connectivity index (χ2v) is 6.65. The predicted molar refractivity (Wildman–Crippen MR) is 115 cm³/mol. The van der Waals surface area contributed by atoms with Gasteiger partial charge in [-0.2, -0.15) is 4.52 Å². The summed E-state index contributed by atoms with van der Waals surface area (Å²) in [5.41, 5.74) is 8.62. The number of benzene rings is 1. The molecule has 10 heteroatoms. The van der Waals surface area contributed by atoms with Crippen LogP contribution in [0.15, 0.2) is 47.1 Å². The van der Waals surface area contributed by atoms with Gasteiger partial charge >= 0.3 is 0 Å². The third-order valence-electron chi connectivity index (χ3n) is 4.48. The van der Waals surface area contributed by atoms with Crippen molar-refractivity contribution >= 4 is 24.0 Å². The Morgan fingerprint density at radius 3 is 2.57 bits per heavy atom. The minimum absolute atomic E-state index is 0. The van der Waals surface area contributed by atoms with E-state index in [4.69, 9.17) is 19.6 Å². The third kappa shape index (κ3) is 4.32. The molecule has 3 heterocycles. The predicted octanol–water partition coefficient (Wildman–Crippen LogP) is 3.04. The van der Waals surface area contributed by atoms with Crippen molar-refractivity contribution in [3.8, 4) is 23.1 Å². The molecule has 4 aromatic rings. The maximum absolute atomic E-state index is 6.09. The van der Waals surface area contributed by atoms with Crippen molar-refractivity contribution in [1.29, 1.82) is 0 Å². The highest BCUT2D eigenvalue weighted by atomic mass is 35.5. The molecule has 9 nitrogen and oxygen atoms in total. The van der Waals surface area contributed by atoms with E-state index in [2.05, 4.69) is 20.0 Å². The smallest absolute Gasteiger partial charge is 0.223 e. The van der Waals surface area contributed by atoms with Gasteiger partial charge in [-0.3, -0.25) is 4.90 Å². The minimum atomic E-state index is 0. The highest BCUT2D eigenvalue weighted by Crippen LogP contribution is 2.28. The quantitative estimate of drug-likeness (QED) is 0.477. The molecular weight excluding hydrogens is 408 g/mol. The number of nitrogens with zero attached hydrogens (tertiary/aromatic N) is 5. The summed E-state index contributed by atoms with van der Waals surface area (Å²) in [5, 5.41) is 4.36. The first-order valence-corrected chi connectivity index (χ1v) is 9.03. The zero-order valence-corrected chi connectivity index (χ0v) is 17.7. The summed E-state index contributed by atoms with van der Waals surface area (Å²) in [4.78, 5) is 11.1. The summed E-state index contributed by atoms with van der Waals surface area (Å²) in [5.74, 6) is 2.75. The molecule has 0 amide bonds. The van der Waals surface area contributed by atoms with E-state index in [0.717, 1.165) is 11.3 Å². The lowest BCUT2D eigenvalue weighted by atomic mass is 10.2. The summed E-state index contributed by atoms with van der Waals surface area (Å²) in [6.45, 7) is 1.30. The van der Waals surface area contributed by atoms with Crippen LogP contribution in [0, 0.1) is 0 Å². The Bertz CT molecular complexity index is 1130. The number of fused-ring (bicyclic) bond motifs is 1. The number of methoxy groups -OCH3 is 2. The van der Waals surface area contributed by atoms with Crippen molar-refractivity contribution in [2.45, 2.75) is 13.1 Å². The van der Waals surface area contributed by atoms with Crippen LogP contribution in [0.25, 0.3) is 17.2 Å². The molecule has 0 atom stereocenters. The molecule has 0 fully saturated rings. The number of hydrogen-bond acceptors (Lipinski definition) is 8. The lowest BCUT2D eigenvalue weighted by molar-refractivity contribution is 0.313. The van der Waals surface area contributed by atoms with Crippen LogP contribution in [0.2, 0.25) is 0 Å². The molecule has 0 radical (unpaired) electrons. The van der Waals surface area contributed by atoms with Gasteiger partial charge in [0.2, 0.25) is 11.8 Å². The van der Waals surface area contributed by atoms with Gasteiger partial charge in [0, 0.05) is 19.2 Å². The summed E-state index contributed by atoms with van der Waals surface area (Å²) >= 11 is 0. The average Bonchev–Trinajstić information content (AvgIpc) is 3.37. The maximum atomic E-state index is 6.09. The first-order chi connectivity index (χ1) is 14.1. The third-order valence-corrected chi connectivity index (χ3v) is 4.48. The monoisotopic (exact) mass is 430 g/mol. The molecule has 1 aromatic carbocycles. The van der Waals surface area contributed by atoms with Crippen molar-refractivity contribution in [2.75, 3.05) is 27.0 Å². The van der Waals surface area contributed by atoms with E-state index in [0.29, 0.717) is 41.8 Å². The molecule has 3 aromatic heterocycles. The zero-order chi connectivity index (χ0) is 20.4. The fourth-order valence-electron chi connectivity index (χ4n) is 3.18. The molecule has 2 N–H and O–H groups in total. The number of anilines is 1. The summed E-state index contributed by atoms with van der Waals surface area (Å²) in [7, 11) is 5.26. The van der Waals surface area contributed by atoms with Gasteiger partial charge in [-0.15, -0.1) is 17.5 Å². The van der Waals surface area contributed by atoms with Gasteiger partial charge < -0.3 is 19.6 Å². The lowest BCUT2D eigenvalue weighted by Crippen LogP contribution is -2.19. The standard InChI is InChI=1S/C20H22N6O3.ClH/c1-25(11-13-6-7-15(27-2)17(9-13)28-3)12-14-10-18-23-19(16-5-4-8-29-16)24-26(18)20(21)22-14;/h4-10H,11-12H2,1-3H3,(H2,21,22);1H. The van der Waals surface area contributed by atoms with E-state index in [-0.39, 0.29) is 18.4 Å². The highest BCUT2D eigenvalue weighted by molar-refractivity contribution is 5.85. The molecule has 0 aliphatic heterocycles. The normalized spacial score (nSPS) is 10.9. The second-order valence-electron chi connectivity index (χ2n) is 6.65. The minimum Gasteiger partial charge on any atom is -0.493 e. The van der Waals surface area contributed by atoms with Crippen LogP contribution >= 0.6 is 12.4 Å². The fraction of sp³-hybridized carbons (Fsp3) is 0.250. The van der Waals surface area contributed by atoms with Crippen molar-refractivity contribution in [1.82, 2.24) is 24.5 Å². The second kappa shape index (κ2) is 9.02. The van der Waals surface area contributed by atoms with Crippen molar-refractivity contribution in [2.24, 2.45) is 0 Å². The molecule has 0 unspecified atom stereocenters. The number of ether oxygens (including phenoxy) is 2. The first kappa shape index (κ1) is 21.4. The Morgan fingerprint density at radius 2 is 1.87 bits per heavy atom. The molecule has 30 heavy (non-hydrogen) atoms. The Kier molecular flexibility index (Phi) is 6.43. The van der Waals surface area contributed by atoms with E-state index in [1.165, 1.54) is 4.52 Å². The fourth-order valence-corrected chi connectivity index (χ4v) is 3.18. The Morgan fingerprint density at radius 1 is 1.07 bits per heavy atom. The van der Waals surface area contributed by atoms with Crippen LogP contribution in [0.1, 0.15) is 11.3 Å². The van der Waals surface area contributed by atoms with Crippen LogP contribution in [0.3, 0.4) is 0 Å². The number of furan rings is 1. The van der Waals surface area contributed by atoms with Gasteiger partial charge in [0.05, 0.1) is 26.2 Å². The van der Waals surface area contributed by atoms with Gasteiger partial charge in [-0.1, -0.05) is 6.07 Å². The molecule has 4 rings (SSSR count). The summed E-state index contributed by atoms with van der Waals surface area (Å²) in [6.07, 6.45) is 1.58. The van der Waals surface area contributed by atoms with Crippen LogP contribution in [0.4, 0.5) is 5.95 Å². The van der Waals surface area contributed by atoms with Crippen molar-refractivity contribution < 1.29 is 13.9 Å². The molecule has 0 aliphatic rings. The van der Waals surface area contributed by atoms with Crippen molar-refractivity contribution in [3.63, 3.8) is 0 Å². The first-order valence-electron chi connectivity index (χ1n) is 9.03. The number of hydrogen-bond donors (Lipinski definition) is 1. The Labute approximate surface area is 179 Å². The van der Waals surface area contributed by atoms with Crippen molar-refractivity contribution in [3.05, 3.63) is 53.9 Å². The summed E-state index contributed by atoms with van der Waals surface area (Å²) < 4.78 is 17.5. The molecular formula is C20H23ClN6O3. The molecule has 158 valence electrons. The van der Waals surface area contributed by atoms with Gasteiger partial charge in [0.1, 0.15) is 0 Å². The van der Waals surface area contributed by atoms with Gasteiger partial charge in [0.25, 0.3) is 0 Å². The van der Waals surface area contributed by atoms with E-state index < -0.39 is 0 Å². The topological polar surface area (TPSA) is 104 Å². The molecule has 0 bridgehead atoms. The summed E-state index contributed by atoms with van der Waals surface area (Å²) in [6, 6.07) is 11.3. The van der Waals surface area contributed by atoms with E-state index in [1.54, 1.807) is 32.6 Å². The highest BCUT2D eigenvalue weighted by Gasteiger charge is 2.14. The molecule has 0 aliphatic carbocycles. The average molecular weight is 431 g/mol. The zero-order valence-electron chi connectivity index (χ0n) is 16.9. The lowest BCUT2D eigenvalue weighted by Gasteiger charge is -2.17. The Balaban J connectivity index is 0.00000256. The molecule has 0 spiro atoms. The number of aromatic nitrogens is 4. The SMILES string of the molecule is COc1ccc(CN(C)Cc2cc3nc(-c4ccco4)nn3c(N)n2)cc1OC.Cl. The van der Waals surface area contributed by atoms with Gasteiger partial charge in [-0.25, -0.2) is 9.97 Å². The van der Waals surface area contributed by atoms with Crippen LogP contribution in [0.5, 0.6) is 11.5 Å². The van der Waals surface area contributed by atoms with Gasteiger partial charge in [0.15, 0.2) is 22.9 Å². The number of halogens is 1. The van der Waals surface area contributed by atoms with Crippen LogP contribution in [-0.2, 0) is 13.1 Å². The maximum Gasteiger partial charge on any atom is 0.223 e. The van der Waals surface area contributed by atoms with E-state index in [9.17, 15) is 0 Å². The van der Waals surface area contributed by atoms with E-state index >= 15 is 0 Å². The number of rotatable bonds is 7. The van der Waals surface area contributed by atoms with E-state index in [1.807, 2.05) is 31.3 Å².